The van der Waals surface area contributed by atoms with Crippen molar-refractivity contribution in [3.05, 3.63) is 42.5 Å². The maximum absolute atomic E-state index is 10.6. The molecule has 0 aliphatic heterocycles. The zero-order valence-corrected chi connectivity index (χ0v) is 9.87. The lowest BCUT2D eigenvalue weighted by atomic mass is 10.1. The van der Waals surface area contributed by atoms with Gasteiger partial charge in [0, 0.05) is 0 Å². The lowest BCUT2D eigenvalue weighted by molar-refractivity contribution is -0.120. The standard InChI is InChI=1S/C14H15NO3/c15-14(17)8-12(16)9-18-13-6-5-10-3-1-2-4-11(10)7-13/h1-7,12,16H,8-9H2,(H2,15,17)/t12-/m1/s1. The van der Waals surface area contributed by atoms with Crippen LogP contribution in [0, 0.1) is 0 Å². The van der Waals surface area contributed by atoms with Crippen molar-refractivity contribution in [1.82, 2.24) is 0 Å². The third-order valence-corrected chi connectivity index (χ3v) is 2.60. The Labute approximate surface area is 105 Å². The molecule has 4 heteroatoms. The van der Waals surface area contributed by atoms with Crippen LogP contribution in [0.2, 0.25) is 0 Å². The van der Waals surface area contributed by atoms with Crippen LogP contribution in [-0.2, 0) is 4.79 Å². The molecule has 2 aromatic carbocycles. The number of ether oxygens (including phenoxy) is 1. The number of nitrogens with two attached hydrogens (primary N) is 1. The number of primary amides is 1. The van der Waals surface area contributed by atoms with Gasteiger partial charge in [-0.15, -0.1) is 0 Å². The molecule has 0 heterocycles. The molecular weight excluding hydrogens is 230 g/mol. The molecule has 0 aliphatic rings. The van der Waals surface area contributed by atoms with Crippen LogP contribution in [0.4, 0.5) is 0 Å². The van der Waals surface area contributed by atoms with Gasteiger partial charge in [0.25, 0.3) is 0 Å². The van der Waals surface area contributed by atoms with Crippen molar-refractivity contribution in [3.63, 3.8) is 0 Å². The highest BCUT2D eigenvalue weighted by Gasteiger charge is 2.08. The van der Waals surface area contributed by atoms with Crippen molar-refractivity contribution in [1.29, 1.82) is 0 Å². The Morgan fingerprint density at radius 2 is 1.94 bits per heavy atom. The van der Waals surface area contributed by atoms with Crippen LogP contribution in [0.3, 0.4) is 0 Å². The maximum atomic E-state index is 10.6. The fourth-order valence-corrected chi connectivity index (χ4v) is 1.74. The monoisotopic (exact) mass is 245 g/mol. The van der Waals surface area contributed by atoms with E-state index in [0.717, 1.165) is 10.8 Å². The molecule has 0 fully saturated rings. The van der Waals surface area contributed by atoms with Crippen molar-refractivity contribution in [2.75, 3.05) is 6.61 Å². The predicted molar refractivity (Wildman–Crippen MR) is 69.3 cm³/mol. The summed E-state index contributed by atoms with van der Waals surface area (Å²) in [5.41, 5.74) is 4.98. The summed E-state index contributed by atoms with van der Waals surface area (Å²) in [6.07, 6.45) is -0.956. The summed E-state index contributed by atoms with van der Waals surface area (Å²) in [4.78, 5) is 10.6. The summed E-state index contributed by atoms with van der Waals surface area (Å²) in [6, 6.07) is 13.6. The normalized spacial score (nSPS) is 12.3. The van der Waals surface area contributed by atoms with E-state index in [2.05, 4.69) is 0 Å². The summed E-state index contributed by atoms with van der Waals surface area (Å²) < 4.78 is 5.42. The Hall–Kier alpha value is -2.07. The molecule has 0 saturated heterocycles. The number of rotatable bonds is 5. The molecular formula is C14H15NO3. The van der Waals surface area contributed by atoms with Gasteiger partial charge in [0.1, 0.15) is 12.4 Å². The van der Waals surface area contributed by atoms with Gasteiger partial charge in [-0.1, -0.05) is 30.3 Å². The maximum Gasteiger partial charge on any atom is 0.220 e. The third-order valence-electron chi connectivity index (χ3n) is 2.60. The molecule has 18 heavy (non-hydrogen) atoms. The average molecular weight is 245 g/mol. The van der Waals surface area contributed by atoms with Gasteiger partial charge in [-0.2, -0.15) is 0 Å². The fourth-order valence-electron chi connectivity index (χ4n) is 1.74. The smallest absolute Gasteiger partial charge is 0.220 e. The largest absolute Gasteiger partial charge is 0.491 e. The van der Waals surface area contributed by atoms with Crippen LogP contribution >= 0.6 is 0 Å². The first-order chi connectivity index (χ1) is 8.65. The van der Waals surface area contributed by atoms with E-state index in [1.54, 1.807) is 0 Å². The average Bonchev–Trinajstić information content (AvgIpc) is 2.35. The second-order valence-electron chi connectivity index (χ2n) is 4.14. The molecule has 0 bridgehead atoms. The van der Waals surface area contributed by atoms with Gasteiger partial charge in [0.2, 0.25) is 5.91 Å². The van der Waals surface area contributed by atoms with E-state index in [4.69, 9.17) is 10.5 Å². The molecule has 4 nitrogen and oxygen atoms in total. The number of fused-ring (bicyclic) bond motifs is 1. The van der Waals surface area contributed by atoms with Gasteiger partial charge < -0.3 is 15.6 Å². The number of amides is 1. The van der Waals surface area contributed by atoms with E-state index >= 15 is 0 Å². The predicted octanol–water partition coefficient (Wildman–Crippen LogP) is 1.45. The summed E-state index contributed by atoms with van der Waals surface area (Å²) in [7, 11) is 0. The lowest BCUT2D eigenvalue weighted by Gasteiger charge is -2.11. The van der Waals surface area contributed by atoms with E-state index < -0.39 is 12.0 Å². The first-order valence-electron chi connectivity index (χ1n) is 5.73. The van der Waals surface area contributed by atoms with E-state index in [1.165, 1.54) is 0 Å². The van der Waals surface area contributed by atoms with Crippen LogP contribution in [-0.4, -0.2) is 23.7 Å². The highest BCUT2D eigenvalue weighted by Crippen LogP contribution is 2.20. The van der Waals surface area contributed by atoms with Crippen LogP contribution in [0.1, 0.15) is 6.42 Å². The number of hydrogen-bond donors (Lipinski definition) is 2. The highest BCUT2D eigenvalue weighted by molar-refractivity contribution is 5.83. The topological polar surface area (TPSA) is 72.6 Å². The number of carbonyl (C=O) groups excluding carboxylic acids is 1. The van der Waals surface area contributed by atoms with Crippen molar-refractivity contribution < 1.29 is 14.6 Å². The number of aliphatic hydroxyl groups is 1. The molecule has 1 atom stereocenters. The van der Waals surface area contributed by atoms with Crippen molar-refractivity contribution in [2.24, 2.45) is 5.73 Å². The van der Waals surface area contributed by atoms with E-state index in [-0.39, 0.29) is 13.0 Å². The Morgan fingerprint density at radius 3 is 2.67 bits per heavy atom. The molecule has 2 rings (SSSR count). The number of aliphatic hydroxyl groups excluding tert-OH is 1. The van der Waals surface area contributed by atoms with Crippen LogP contribution in [0.25, 0.3) is 10.8 Å². The Balaban J connectivity index is 2.01. The quantitative estimate of drug-likeness (QED) is 0.837. The van der Waals surface area contributed by atoms with Crippen molar-refractivity contribution in [2.45, 2.75) is 12.5 Å². The van der Waals surface area contributed by atoms with Crippen molar-refractivity contribution in [3.8, 4) is 5.75 Å². The Morgan fingerprint density at radius 1 is 1.22 bits per heavy atom. The molecule has 94 valence electrons. The number of carbonyl (C=O) groups is 1. The second-order valence-corrected chi connectivity index (χ2v) is 4.14. The van der Waals surface area contributed by atoms with Gasteiger partial charge >= 0.3 is 0 Å². The number of benzene rings is 2. The first-order valence-corrected chi connectivity index (χ1v) is 5.73. The first kappa shape index (κ1) is 12.4. The minimum atomic E-state index is -0.867. The molecule has 2 aromatic rings. The summed E-state index contributed by atoms with van der Waals surface area (Å²) >= 11 is 0. The van der Waals surface area contributed by atoms with Gasteiger partial charge in [0.15, 0.2) is 0 Å². The molecule has 1 amide bonds. The molecule has 0 saturated carbocycles. The van der Waals surface area contributed by atoms with Crippen molar-refractivity contribution >= 4 is 16.7 Å². The third kappa shape index (κ3) is 3.21. The SMILES string of the molecule is NC(=O)C[C@@H](O)COc1ccc2ccccc2c1. The van der Waals surface area contributed by atoms with E-state index in [1.807, 2.05) is 42.5 Å². The summed E-state index contributed by atoms with van der Waals surface area (Å²) in [5, 5.41) is 11.7. The van der Waals surface area contributed by atoms with Gasteiger partial charge in [0.05, 0.1) is 12.5 Å². The molecule has 0 unspecified atom stereocenters. The van der Waals surface area contributed by atoms with Crippen LogP contribution < -0.4 is 10.5 Å². The Bertz CT molecular complexity index is 553. The summed E-state index contributed by atoms with van der Waals surface area (Å²) in [5.74, 6) is 0.127. The van der Waals surface area contributed by atoms with Gasteiger partial charge in [-0.3, -0.25) is 4.79 Å². The molecule has 0 aromatic heterocycles. The van der Waals surface area contributed by atoms with Crippen LogP contribution in [0.15, 0.2) is 42.5 Å². The minimum absolute atomic E-state index is 0.0568. The second kappa shape index (κ2) is 5.51. The lowest BCUT2D eigenvalue weighted by Crippen LogP contribution is -2.25. The fraction of sp³-hybridized carbons (Fsp3) is 0.214. The van der Waals surface area contributed by atoms with Gasteiger partial charge in [-0.05, 0) is 22.9 Å². The van der Waals surface area contributed by atoms with E-state index in [9.17, 15) is 9.90 Å². The van der Waals surface area contributed by atoms with Gasteiger partial charge in [-0.25, -0.2) is 0 Å². The Kier molecular flexibility index (Phi) is 3.79. The van der Waals surface area contributed by atoms with E-state index in [0.29, 0.717) is 5.75 Å². The molecule has 0 radical (unpaired) electrons. The number of hydrogen-bond acceptors (Lipinski definition) is 3. The molecule has 3 N–H and O–H groups in total. The zero-order valence-electron chi connectivity index (χ0n) is 9.87. The zero-order chi connectivity index (χ0) is 13.0. The minimum Gasteiger partial charge on any atom is -0.491 e. The highest BCUT2D eigenvalue weighted by atomic mass is 16.5. The molecule has 0 spiro atoms. The summed E-state index contributed by atoms with van der Waals surface area (Å²) in [6.45, 7) is 0.0568. The molecule has 0 aliphatic carbocycles. The van der Waals surface area contributed by atoms with Crippen LogP contribution in [0.5, 0.6) is 5.75 Å².